The first-order valence-corrected chi connectivity index (χ1v) is 3.02. The summed E-state index contributed by atoms with van der Waals surface area (Å²) in [6, 6.07) is 0. The SMILES string of the molecule is NCC(=O)ON1C=NC=NC1. The van der Waals surface area contributed by atoms with Crippen LogP contribution in [0.1, 0.15) is 0 Å². The number of nitrogens with zero attached hydrogens (tertiary/aromatic N) is 3. The number of hydrogen-bond acceptors (Lipinski definition) is 6. The van der Waals surface area contributed by atoms with E-state index in [-0.39, 0.29) is 13.2 Å². The molecule has 0 fully saturated rings. The van der Waals surface area contributed by atoms with Crippen molar-refractivity contribution in [3.8, 4) is 0 Å². The molecule has 0 unspecified atom stereocenters. The third-order valence-electron chi connectivity index (χ3n) is 0.951. The van der Waals surface area contributed by atoms with E-state index in [0.717, 1.165) is 0 Å². The minimum Gasteiger partial charge on any atom is -0.337 e. The molecule has 6 nitrogen and oxygen atoms in total. The molecule has 0 amide bonds. The quantitative estimate of drug-likeness (QED) is 0.540. The van der Waals surface area contributed by atoms with Gasteiger partial charge in [0.15, 0.2) is 0 Å². The maximum atomic E-state index is 10.6. The van der Waals surface area contributed by atoms with Crippen molar-refractivity contribution in [3.63, 3.8) is 0 Å². The van der Waals surface area contributed by atoms with Crippen molar-refractivity contribution in [2.45, 2.75) is 0 Å². The lowest BCUT2D eigenvalue weighted by Gasteiger charge is -2.16. The molecule has 1 rings (SSSR count). The number of rotatable bonds is 2. The van der Waals surface area contributed by atoms with Gasteiger partial charge in [-0.25, -0.2) is 14.8 Å². The molecule has 0 saturated heterocycles. The molecule has 6 heteroatoms. The van der Waals surface area contributed by atoms with Crippen molar-refractivity contribution >= 4 is 18.6 Å². The first-order chi connectivity index (χ1) is 5.33. The van der Waals surface area contributed by atoms with Gasteiger partial charge in [0.1, 0.15) is 19.3 Å². The van der Waals surface area contributed by atoms with Crippen LogP contribution in [-0.2, 0) is 9.63 Å². The fourth-order valence-corrected chi connectivity index (χ4v) is 0.525. The van der Waals surface area contributed by atoms with Gasteiger partial charge in [0, 0.05) is 0 Å². The van der Waals surface area contributed by atoms with Gasteiger partial charge in [-0.05, 0) is 0 Å². The smallest absolute Gasteiger partial charge is 0.337 e. The summed E-state index contributed by atoms with van der Waals surface area (Å²) in [6.07, 6.45) is 2.74. The summed E-state index contributed by atoms with van der Waals surface area (Å²) in [6.45, 7) is 0.128. The predicted molar refractivity (Wildman–Crippen MR) is 38.8 cm³/mol. The van der Waals surface area contributed by atoms with E-state index in [9.17, 15) is 4.79 Å². The summed E-state index contributed by atoms with van der Waals surface area (Å²) < 4.78 is 0. The molecule has 2 N–H and O–H groups in total. The fraction of sp³-hybridized carbons (Fsp3) is 0.400. The van der Waals surface area contributed by atoms with E-state index in [1.54, 1.807) is 0 Å². The second-order valence-electron chi connectivity index (χ2n) is 1.79. The van der Waals surface area contributed by atoms with Gasteiger partial charge in [0.05, 0.1) is 6.54 Å². The lowest BCUT2D eigenvalue weighted by Crippen LogP contribution is -2.31. The molecular weight excluding hydrogens is 148 g/mol. The van der Waals surface area contributed by atoms with Crippen molar-refractivity contribution in [2.24, 2.45) is 15.7 Å². The third-order valence-corrected chi connectivity index (χ3v) is 0.951. The van der Waals surface area contributed by atoms with Crippen LogP contribution in [0.2, 0.25) is 0 Å². The highest BCUT2D eigenvalue weighted by Gasteiger charge is 2.06. The monoisotopic (exact) mass is 156 g/mol. The predicted octanol–water partition coefficient (Wildman–Crippen LogP) is -1.27. The molecule has 60 valence electrons. The van der Waals surface area contributed by atoms with E-state index in [2.05, 4.69) is 14.8 Å². The molecule has 0 aromatic rings. The van der Waals surface area contributed by atoms with Crippen molar-refractivity contribution in [2.75, 3.05) is 13.2 Å². The normalized spacial score (nSPS) is 15.2. The maximum Gasteiger partial charge on any atom is 0.345 e. The molecule has 0 saturated carbocycles. The molecule has 0 spiro atoms. The molecule has 0 aromatic carbocycles. The Balaban J connectivity index is 2.33. The highest BCUT2D eigenvalue weighted by molar-refractivity contribution is 5.75. The van der Waals surface area contributed by atoms with Crippen LogP contribution in [0.25, 0.3) is 0 Å². The molecule has 0 aromatic heterocycles. The summed E-state index contributed by atoms with van der Waals surface area (Å²) in [5, 5.41) is 1.20. The summed E-state index contributed by atoms with van der Waals surface area (Å²) in [5.74, 6) is -0.506. The van der Waals surface area contributed by atoms with E-state index in [1.807, 2.05) is 0 Å². The van der Waals surface area contributed by atoms with Gasteiger partial charge < -0.3 is 10.6 Å². The number of carbonyl (C=O) groups is 1. The van der Waals surface area contributed by atoms with Gasteiger partial charge >= 0.3 is 5.97 Å². The van der Waals surface area contributed by atoms with Crippen LogP contribution in [-0.4, -0.2) is 36.9 Å². The van der Waals surface area contributed by atoms with Crippen LogP contribution in [0, 0.1) is 0 Å². The lowest BCUT2D eigenvalue weighted by atomic mass is 10.7. The minimum atomic E-state index is -0.506. The average Bonchev–Trinajstić information content (AvgIpc) is 2.06. The number of nitrogens with two attached hydrogens (primary N) is 1. The summed E-state index contributed by atoms with van der Waals surface area (Å²) in [4.78, 5) is 22.6. The van der Waals surface area contributed by atoms with E-state index in [0.29, 0.717) is 0 Å². The van der Waals surface area contributed by atoms with Gasteiger partial charge in [-0.1, -0.05) is 0 Å². The molecule has 0 bridgehead atoms. The average molecular weight is 156 g/mol. The van der Waals surface area contributed by atoms with Gasteiger partial charge in [0.25, 0.3) is 0 Å². The molecule has 0 aliphatic carbocycles. The number of hydrogen-bond donors (Lipinski definition) is 1. The van der Waals surface area contributed by atoms with Crippen LogP contribution in [0.15, 0.2) is 9.98 Å². The number of hydroxylamine groups is 2. The molecule has 1 aliphatic rings. The van der Waals surface area contributed by atoms with Crippen LogP contribution in [0.3, 0.4) is 0 Å². The summed E-state index contributed by atoms with van der Waals surface area (Å²) in [5.41, 5.74) is 5.01. The molecule has 1 aliphatic heterocycles. The largest absolute Gasteiger partial charge is 0.345 e. The van der Waals surface area contributed by atoms with E-state index < -0.39 is 5.97 Å². The fourth-order valence-electron chi connectivity index (χ4n) is 0.525. The first-order valence-electron chi connectivity index (χ1n) is 3.02. The molecule has 0 atom stereocenters. The van der Waals surface area contributed by atoms with Crippen LogP contribution >= 0.6 is 0 Å². The standard InChI is InChI=1S/C5H8N4O2/c6-1-5(10)11-9-3-7-2-8-4-9/h2-3H,1,4,6H2. The van der Waals surface area contributed by atoms with Gasteiger partial charge in [-0.15, -0.1) is 0 Å². The first kappa shape index (κ1) is 7.67. The van der Waals surface area contributed by atoms with Gasteiger partial charge in [-0.2, -0.15) is 5.06 Å². The van der Waals surface area contributed by atoms with Crippen molar-refractivity contribution in [1.82, 2.24) is 5.06 Å². The number of carbonyl (C=O) groups excluding carboxylic acids is 1. The minimum absolute atomic E-state index is 0.145. The summed E-state index contributed by atoms with van der Waals surface area (Å²) in [7, 11) is 0. The van der Waals surface area contributed by atoms with Crippen LogP contribution in [0.4, 0.5) is 0 Å². The Hall–Kier alpha value is -1.43. The second-order valence-corrected chi connectivity index (χ2v) is 1.79. The highest BCUT2D eigenvalue weighted by Crippen LogP contribution is 1.90. The van der Waals surface area contributed by atoms with Crippen molar-refractivity contribution in [3.05, 3.63) is 0 Å². The van der Waals surface area contributed by atoms with Crippen LogP contribution < -0.4 is 5.73 Å². The Labute approximate surface area is 63.3 Å². The topological polar surface area (TPSA) is 80.3 Å². The second kappa shape index (κ2) is 3.67. The Bertz CT molecular complexity index is 201. The van der Waals surface area contributed by atoms with E-state index in [1.165, 1.54) is 17.7 Å². The van der Waals surface area contributed by atoms with E-state index >= 15 is 0 Å². The third kappa shape index (κ3) is 2.34. The zero-order valence-electron chi connectivity index (χ0n) is 5.80. The molecule has 11 heavy (non-hydrogen) atoms. The van der Waals surface area contributed by atoms with Gasteiger partial charge in [-0.3, -0.25) is 0 Å². The molecule has 1 heterocycles. The molecule has 0 radical (unpaired) electrons. The lowest BCUT2D eigenvalue weighted by molar-refractivity contribution is -0.169. The molecular formula is C5H8N4O2. The summed E-state index contributed by atoms with van der Waals surface area (Å²) >= 11 is 0. The van der Waals surface area contributed by atoms with Crippen molar-refractivity contribution < 1.29 is 9.63 Å². The van der Waals surface area contributed by atoms with Crippen LogP contribution in [0.5, 0.6) is 0 Å². The zero-order chi connectivity index (χ0) is 8.10. The maximum absolute atomic E-state index is 10.6. The number of aliphatic imine (C=N–C) groups is 2. The Morgan fingerprint density at radius 3 is 3.18 bits per heavy atom. The zero-order valence-corrected chi connectivity index (χ0v) is 5.80. The Morgan fingerprint density at radius 2 is 2.64 bits per heavy atom. The Kier molecular flexibility index (Phi) is 2.56. The van der Waals surface area contributed by atoms with Crippen molar-refractivity contribution in [1.29, 1.82) is 0 Å². The van der Waals surface area contributed by atoms with Gasteiger partial charge in [0.2, 0.25) is 0 Å². The highest BCUT2D eigenvalue weighted by atomic mass is 16.7. The van der Waals surface area contributed by atoms with E-state index in [4.69, 9.17) is 5.73 Å². The Morgan fingerprint density at radius 1 is 1.82 bits per heavy atom.